The number of benzene rings is 1. The van der Waals surface area contributed by atoms with Crippen molar-refractivity contribution in [3.05, 3.63) is 45.9 Å². The van der Waals surface area contributed by atoms with Gasteiger partial charge in [-0.3, -0.25) is 9.59 Å². The van der Waals surface area contributed by atoms with Crippen LogP contribution in [0.5, 0.6) is 0 Å². The number of hydrogen-bond acceptors (Lipinski definition) is 4. The average molecular weight is 421 g/mol. The van der Waals surface area contributed by atoms with E-state index in [1.165, 1.54) is 32.9 Å². The Labute approximate surface area is 182 Å². The van der Waals surface area contributed by atoms with Crippen LogP contribution in [-0.4, -0.2) is 16.8 Å². The largest absolute Gasteiger partial charge is 0.274 e. The van der Waals surface area contributed by atoms with Crippen LogP contribution < -0.4 is 4.90 Å². The average Bonchev–Trinajstić information content (AvgIpc) is 3.44. The summed E-state index contributed by atoms with van der Waals surface area (Å²) < 4.78 is 0. The molecule has 2 bridgehead atoms. The number of nitrogens with zero attached hydrogens (tertiary/aromatic N) is 2. The van der Waals surface area contributed by atoms with Crippen LogP contribution in [0.2, 0.25) is 0 Å². The lowest BCUT2D eigenvalue weighted by atomic mass is 9.81. The van der Waals surface area contributed by atoms with Crippen molar-refractivity contribution in [1.82, 2.24) is 4.98 Å². The molecule has 1 aromatic heterocycles. The fourth-order valence-electron chi connectivity index (χ4n) is 6.04. The summed E-state index contributed by atoms with van der Waals surface area (Å²) in [7, 11) is 0. The molecule has 0 spiro atoms. The van der Waals surface area contributed by atoms with Crippen molar-refractivity contribution in [3.63, 3.8) is 0 Å². The van der Waals surface area contributed by atoms with Crippen molar-refractivity contribution in [2.24, 2.45) is 23.7 Å². The number of thiazole rings is 1. The third kappa shape index (κ3) is 2.74. The van der Waals surface area contributed by atoms with E-state index < -0.39 is 0 Å². The van der Waals surface area contributed by atoms with E-state index in [1.54, 1.807) is 0 Å². The molecule has 3 fully saturated rings. The quantitative estimate of drug-likeness (QED) is 0.481. The molecular formula is C25H28N2O2S. The summed E-state index contributed by atoms with van der Waals surface area (Å²) in [5, 5.41) is 0.544. The fraction of sp³-hybridized carbons (Fsp3) is 0.480. The van der Waals surface area contributed by atoms with Crippen molar-refractivity contribution < 1.29 is 9.59 Å². The van der Waals surface area contributed by atoms with Crippen molar-refractivity contribution in [1.29, 1.82) is 0 Å². The molecule has 1 aromatic carbocycles. The number of imide groups is 1. The van der Waals surface area contributed by atoms with Gasteiger partial charge in [-0.05, 0) is 57.4 Å². The Hall–Kier alpha value is -2.27. The molecule has 2 heterocycles. The summed E-state index contributed by atoms with van der Waals surface area (Å²) in [6.07, 6.45) is 4.26. The molecule has 2 amide bonds. The number of aromatic nitrogens is 1. The third-order valence-corrected chi connectivity index (χ3v) is 8.13. The summed E-state index contributed by atoms with van der Waals surface area (Å²) in [4.78, 5) is 34.0. The maximum Gasteiger partial charge on any atom is 0.240 e. The molecular weight excluding hydrogens is 392 g/mol. The van der Waals surface area contributed by atoms with Crippen LogP contribution in [0.25, 0.3) is 11.3 Å². The molecule has 0 radical (unpaired) electrons. The van der Waals surface area contributed by atoms with Gasteiger partial charge in [-0.25, -0.2) is 9.88 Å². The number of carbonyl (C=O) groups is 2. The van der Waals surface area contributed by atoms with Gasteiger partial charge in [-0.1, -0.05) is 48.8 Å². The molecule has 4 nitrogen and oxygen atoms in total. The summed E-state index contributed by atoms with van der Waals surface area (Å²) in [6, 6.07) is 8.49. The van der Waals surface area contributed by atoms with Gasteiger partial charge in [0.05, 0.1) is 17.5 Å². The number of rotatable bonds is 4. The van der Waals surface area contributed by atoms with Crippen LogP contribution in [0.3, 0.4) is 0 Å². The topological polar surface area (TPSA) is 50.3 Å². The van der Waals surface area contributed by atoms with Crippen molar-refractivity contribution in [3.8, 4) is 11.3 Å². The van der Waals surface area contributed by atoms with Gasteiger partial charge in [-0.2, -0.15) is 0 Å². The van der Waals surface area contributed by atoms with Crippen LogP contribution in [-0.2, 0) is 16.0 Å². The number of fused-ring (bicyclic) bond motifs is 5. The Bertz CT molecular complexity index is 1030. The highest BCUT2D eigenvalue weighted by molar-refractivity contribution is 7.16. The van der Waals surface area contributed by atoms with Crippen LogP contribution in [0.4, 0.5) is 5.13 Å². The number of carbonyl (C=O) groups excluding carboxylic acids is 2. The predicted octanol–water partition coefficient (Wildman–Crippen LogP) is 5.55. The SMILES string of the molecule is CCCc1ccc(-c2nc(N3C(=O)[C@@H]4[C@@H](C3=O)[C@H]3CC[C@@H]4C3=C(C)C)sc2C)cc1. The second-order valence-corrected chi connectivity index (χ2v) is 10.3. The minimum absolute atomic E-state index is 0.0328. The Morgan fingerprint density at radius 2 is 1.67 bits per heavy atom. The lowest BCUT2D eigenvalue weighted by molar-refractivity contribution is -0.123. The lowest BCUT2D eigenvalue weighted by Crippen LogP contribution is -2.33. The molecule has 2 aromatic rings. The second kappa shape index (κ2) is 7.16. The van der Waals surface area contributed by atoms with Gasteiger partial charge >= 0.3 is 0 Å². The maximum atomic E-state index is 13.4. The molecule has 30 heavy (non-hydrogen) atoms. The van der Waals surface area contributed by atoms with E-state index in [9.17, 15) is 9.59 Å². The predicted molar refractivity (Wildman–Crippen MR) is 120 cm³/mol. The fourth-order valence-corrected chi connectivity index (χ4v) is 6.99. The first-order valence-corrected chi connectivity index (χ1v) is 11.9. The summed E-state index contributed by atoms with van der Waals surface area (Å²) in [5.74, 6) is 0.0736. The number of amides is 2. The molecule has 5 rings (SSSR count). The number of anilines is 1. The van der Waals surface area contributed by atoms with Gasteiger partial charge in [0.15, 0.2) is 5.13 Å². The normalized spacial score (nSPS) is 27.3. The van der Waals surface area contributed by atoms with Crippen LogP contribution in [0.1, 0.15) is 50.5 Å². The molecule has 1 aliphatic heterocycles. The highest BCUT2D eigenvalue weighted by atomic mass is 32.1. The minimum atomic E-state index is -0.179. The number of allylic oxidation sites excluding steroid dienone is 2. The van der Waals surface area contributed by atoms with Gasteiger partial charge in [0.2, 0.25) is 11.8 Å². The molecule has 0 N–H and O–H groups in total. The van der Waals surface area contributed by atoms with E-state index in [4.69, 9.17) is 4.98 Å². The maximum absolute atomic E-state index is 13.4. The molecule has 4 atom stereocenters. The minimum Gasteiger partial charge on any atom is -0.274 e. The van der Waals surface area contributed by atoms with Crippen molar-refractivity contribution >= 4 is 28.3 Å². The monoisotopic (exact) mass is 420 g/mol. The molecule has 5 heteroatoms. The highest BCUT2D eigenvalue weighted by Crippen LogP contribution is 2.60. The first-order valence-electron chi connectivity index (χ1n) is 11.0. The Morgan fingerprint density at radius 3 is 2.20 bits per heavy atom. The first-order chi connectivity index (χ1) is 14.4. The van der Waals surface area contributed by atoms with Crippen LogP contribution in [0.15, 0.2) is 35.4 Å². The van der Waals surface area contributed by atoms with E-state index in [-0.39, 0.29) is 35.5 Å². The molecule has 1 saturated heterocycles. The van der Waals surface area contributed by atoms with E-state index in [1.807, 2.05) is 6.92 Å². The van der Waals surface area contributed by atoms with Gasteiger partial charge in [0.1, 0.15) is 0 Å². The molecule has 3 aliphatic rings. The van der Waals surface area contributed by atoms with Gasteiger partial charge in [-0.15, -0.1) is 11.3 Å². The molecule has 156 valence electrons. The number of aryl methyl sites for hydroxylation is 2. The van der Waals surface area contributed by atoms with E-state index >= 15 is 0 Å². The molecule has 2 saturated carbocycles. The zero-order valence-corrected chi connectivity index (χ0v) is 18.9. The zero-order chi connectivity index (χ0) is 21.2. The second-order valence-electron chi connectivity index (χ2n) is 9.16. The lowest BCUT2D eigenvalue weighted by Gasteiger charge is -2.18. The number of hydrogen-bond donors (Lipinski definition) is 0. The smallest absolute Gasteiger partial charge is 0.240 e. The Kier molecular flexibility index (Phi) is 4.69. The van der Waals surface area contributed by atoms with Gasteiger partial charge in [0.25, 0.3) is 0 Å². The summed E-state index contributed by atoms with van der Waals surface area (Å²) in [5.41, 5.74) is 5.92. The van der Waals surface area contributed by atoms with Crippen LogP contribution in [0, 0.1) is 30.6 Å². The Balaban J connectivity index is 1.47. The third-order valence-electron chi connectivity index (χ3n) is 7.17. The van der Waals surface area contributed by atoms with Crippen molar-refractivity contribution in [2.75, 3.05) is 4.90 Å². The Morgan fingerprint density at radius 1 is 1.07 bits per heavy atom. The molecule has 0 unspecified atom stereocenters. The van der Waals surface area contributed by atoms with Gasteiger partial charge < -0.3 is 0 Å². The highest BCUT2D eigenvalue weighted by Gasteiger charge is 2.64. The van der Waals surface area contributed by atoms with E-state index in [0.29, 0.717) is 5.13 Å². The van der Waals surface area contributed by atoms with Crippen LogP contribution >= 0.6 is 11.3 Å². The van der Waals surface area contributed by atoms with Crippen molar-refractivity contribution in [2.45, 2.75) is 53.4 Å². The molecule has 2 aliphatic carbocycles. The first kappa shape index (κ1) is 19.7. The zero-order valence-electron chi connectivity index (χ0n) is 18.1. The van der Waals surface area contributed by atoms with E-state index in [2.05, 4.69) is 45.0 Å². The van der Waals surface area contributed by atoms with Gasteiger partial charge in [0, 0.05) is 10.4 Å². The summed E-state index contributed by atoms with van der Waals surface area (Å²) in [6.45, 7) is 8.44. The summed E-state index contributed by atoms with van der Waals surface area (Å²) >= 11 is 1.46. The van der Waals surface area contributed by atoms with E-state index in [0.717, 1.165) is 41.8 Å². The standard InChI is InChI=1S/C25H28N2O2S/c1-5-6-15-7-9-16(10-8-15)22-14(4)30-25(26-22)27-23(28)20-17-11-12-18(19(17)13(2)3)21(20)24(27)29/h7-10,17-18,20-21H,5-6,11-12H2,1-4H3/t17-,18+,20-,21-/m0/s1.